The number of epoxide rings is 1. The van der Waals surface area contributed by atoms with Crippen molar-refractivity contribution in [3.8, 4) is 0 Å². The molecule has 1 amide bonds. The maximum absolute atomic E-state index is 11.6. The van der Waals surface area contributed by atoms with Crippen molar-refractivity contribution in [2.45, 2.75) is 51.9 Å². The molecule has 1 heterocycles. The predicted octanol–water partition coefficient (Wildman–Crippen LogP) is 1.23. The minimum atomic E-state index is -0.566. The first-order valence-electron chi connectivity index (χ1n) is 6.08. The van der Waals surface area contributed by atoms with E-state index in [9.17, 15) is 9.59 Å². The van der Waals surface area contributed by atoms with Crippen LogP contribution in [-0.2, 0) is 19.0 Å². The molecule has 0 radical (unpaired) electrons. The molecule has 6 nitrogen and oxygen atoms in total. The normalized spacial score (nSPS) is 19.9. The Balaban J connectivity index is 2.43. The minimum absolute atomic E-state index is 0.0950. The Labute approximate surface area is 107 Å². The highest BCUT2D eigenvalue weighted by Crippen LogP contribution is 2.18. The van der Waals surface area contributed by atoms with Crippen molar-refractivity contribution in [1.82, 2.24) is 5.32 Å². The van der Waals surface area contributed by atoms with Gasteiger partial charge in [0.25, 0.3) is 0 Å². The van der Waals surface area contributed by atoms with Crippen LogP contribution in [0.15, 0.2) is 0 Å². The van der Waals surface area contributed by atoms with E-state index in [0.29, 0.717) is 13.2 Å². The van der Waals surface area contributed by atoms with Crippen LogP contribution in [0.4, 0.5) is 4.79 Å². The molecule has 18 heavy (non-hydrogen) atoms. The number of hydrogen-bond donors (Lipinski definition) is 1. The van der Waals surface area contributed by atoms with Crippen LogP contribution in [0.5, 0.6) is 0 Å². The summed E-state index contributed by atoms with van der Waals surface area (Å²) in [4.78, 5) is 23.0. The zero-order chi connectivity index (χ0) is 13.8. The molecule has 1 rings (SSSR count). The van der Waals surface area contributed by atoms with Crippen molar-refractivity contribution in [2.75, 3.05) is 13.2 Å². The molecule has 1 aliphatic rings. The second kappa shape index (κ2) is 6.04. The van der Waals surface area contributed by atoms with Crippen LogP contribution in [0, 0.1) is 0 Å². The standard InChI is InChI=1S/C12H21NO5/c1-5-16-10(14)6-8(9-7-17-9)13-11(15)18-12(2,3)4/h8-9H,5-7H2,1-4H3,(H,13,15)/t8-,9-/m0/s1. The zero-order valence-corrected chi connectivity index (χ0v) is 11.3. The second-order valence-electron chi connectivity index (χ2n) is 5.13. The fraction of sp³-hybridized carbons (Fsp3) is 0.833. The van der Waals surface area contributed by atoms with E-state index in [2.05, 4.69) is 5.32 Å². The molecule has 104 valence electrons. The van der Waals surface area contributed by atoms with E-state index in [1.165, 1.54) is 0 Å². The smallest absolute Gasteiger partial charge is 0.407 e. The summed E-state index contributed by atoms with van der Waals surface area (Å²) < 4.78 is 15.1. The van der Waals surface area contributed by atoms with E-state index < -0.39 is 11.7 Å². The monoisotopic (exact) mass is 259 g/mol. The van der Waals surface area contributed by atoms with E-state index in [4.69, 9.17) is 14.2 Å². The van der Waals surface area contributed by atoms with E-state index in [1.807, 2.05) is 0 Å². The van der Waals surface area contributed by atoms with Gasteiger partial charge in [-0.1, -0.05) is 0 Å². The van der Waals surface area contributed by atoms with Crippen molar-refractivity contribution in [3.05, 3.63) is 0 Å². The Morgan fingerprint density at radius 1 is 1.44 bits per heavy atom. The van der Waals surface area contributed by atoms with Crippen LogP contribution in [0.1, 0.15) is 34.1 Å². The summed E-state index contributed by atoms with van der Waals surface area (Å²) in [7, 11) is 0. The van der Waals surface area contributed by atoms with Crippen LogP contribution in [-0.4, -0.2) is 43.0 Å². The Morgan fingerprint density at radius 3 is 2.50 bits per heavy atom. The fourth-order valence-electron chi connectivity index (χ4n) is 1.42. The van der Waals surface area contributed by atoms with Gasteiger partial charge in [0.05, 0.1) is 25.7 Å². The number of amides is 1. The number of hydrogen-bond acceptors (Lipinski definition) is 5. The van der Waals surface area contributed by atoms with Crippen molar-refractivity contribution in [1.29, 1.82) is 0 Å². The average molecular weight is 259 g/mol. The fourth-order valence-corrected chi connectivity index (χ4v) is 1.42. The topological polar surface area (TPSA) is 77.2 Å². The summed E-state index contributed by atoms with van der Waals surface area (Å²) in [6, 6.07) is -0.390. The number of esters is 1. The van der Waals surface area contributed by atoms with E-state index in [1.54, 1.807) is 27.7 Å². The predicted molar refractivity (Wildman–Crippen MR) is 64.1 cm³/mol. The molecule has 0 aromatic carbocycles. The van der Waals surface area contributed by atoms with Gasteiger partial charge in [0, 0.05) is 0 Å². The lowest BCUT2D eigenvalue weighted by Gasteiger charge is -2.22. The minimum Gasteiger partial charge on any atom is -0.466 e. The third kappa shape index (κ3) is 5.86. The molecule has 2 atom stereocenters. The first-order valence-corrected chi connectivity index (χ1v) is 6.08. The van der Waals surface area contributed by atoms with E-state index >= 15 is 0 Å². The van der Waals surface area contributed by atoms with Gasteiger partial charge in [0.2, 0.25) is 0 Å². The third-order valence-electron chi connectivity index (χ3n) is 2.20. The van der Waals surface area contributed by atoms with Gasteiger partial charge in [-0.3, -0.25) is 4.79 Å². The highest BCUT2D eigenvalue weighted by molar-refractivity contribution is 5.73. The molecule has 0 spiro atoms. The summed E-state index contributed by atoms with van der Waals surface area (Å²) >= 11 is 0. The first kappa shape index (κ1) is 14.8. The molecule has 0 aromatic rings. The van der Waals surface area contributed by atoms with E-state index in [-0.39, 0.29) is 24.5 Å². The zero-order valence-electron chi connectivity index (χ0n) is 11.3. The van der Waals surface area contributed by atoms with Gasteiger partial charge >= 0.3 is 12.1 Å². The van der Waals surface area contributed by atoms with Crippen LogP contribution < -0.4 is 5.32 Å². The molecule has 0 aliphatic carbocycles. The molecule has 6 heteroatoms. The number of alkyl carbamates (subject to hydrolysis) is 1. The lowest BCUT2D eigenvalue weighted by Crippen LogP contribution is -2.43. The maximum Gasteiger partial charge on any atom is 0.407 e. The Bertz CT molecular complexity index is 306. The van der Waals surface area contributed by atoms with Gasteiger partial charge in [-0.05, 0) is 27.7 Å². The van der Waals surface area contributed by atoms with Crippen LogP contribution in [0.2, 0.25) is 0 Å². The average Bonchev–Trinajstić information content (AvgIpc) is 2.96. The number of nitrogens with one attached hydrogen (secondary N) is 1. The number of ether oxygens (including phenoxy) is 3. The summed E-state index contributed by atoms with van der Waals surface area (Å²) in [6.07, 6.45) is -0.577. The van der Waals surface area contributed by atoms with Crippen molar-refractivity contribution < 1.29 is 23.8 Å². The van der Waals surface area contributed by atoms with E-state index in [0.717, 1.165) is 0 Å². The number of carbonyl (C=O) groups excluding carboxylic acids is 2. The van der Waals surface area contributed by atoms with Crippen molar-refractivity contribution >= 4 is 12.1 Å². The number of rotatable bonds is 5. The van der Waals surface area contributed by atoms with Crippen molar-refractivity contribution in [3.63, 3.8) is 0 Å². The molecule has 1 saturated heterocycles. The molecular weight excluding hydrogens is 238 g/mol. The van der Waals surface area contributed by atoms with Crippen LogP contribution in [0.25, 0.3) is 0 Å². The summed E-state index contributed by atoms with van der Waals surface area (Å²) in [6.45, 7) is 7.94. The van der Waals surface area contributed by atoms with Gasteiger partial charge in [-0.15, -0.1) is 0 Å². The first-order chi connectivity index (χ1) is 8.31. The molecule has 0 unspecified atom stereocenters. The summed E-state index contributed by atoms with van der Waals surface area (Å²) in [5.41, 5.74) is -0.566. The van der Waals surface area contributed by atoms with Gasteiger partial charge in [0.1, 0.15) is 11.7 Å². The molecule has 1 fully saturated rings. The number of carbonyl (C=O) groups is 2. The highest BCUT2D eigenvalue weighted by atomic mass is 16.6. The Kier molecular flexibility index (Phi) is 4.95. The molecule has 0 bridgehead atoms. The quantitative estimate of drug-likeness (QED) is 0.593. The molecule has 1 N–H and O–H groups in total. The SMILES string of the molecule is CCOC(=O)C[C@H](NC(=O)OC(C)(C)C)[C@@H]1CO1. The van der Waals surface area contributed by atoms with Gasteiger partial charge in [0.15, 0.2) is 0 Å². The van der Waals surface area contributed by atoms with Gasteiger partial charge in [-0.25, -0.2) is 4.79 Å². The Hall–Kier alpha value is -1.30. The van der Waals surface area contributed by atoms with Crippen molar-refractivity contribution in [2.24, 2.45) is 0 Å². The molecular formula is C12H21NO5. The molecule has 0 aromatic heterocycles. The Morgan fingerprint density at radius 2 is 2.06 bits per heavy atom. The lowest BCUT2D eigenvalue weighted by molar-refractivity contribution is -0.143. The largest absolute Gasteiger partial charge is 0.466 e. The lowest BCUT2D eigenvalue weighted by atomic mass is 10.1. The second-order valence-corrected chi connectivity index (χ2v) is 5.13. The van der Waals surface area contributed by atoms with Gasteiger partial charge < -0.3 is 19.5 Å². The third-order valence-corrected chi connectivity index (χ3v) is 2.20. The highest BCUT2D eigenvalue weighted by Gasteiger charge is 2.36. The van der Waals surface area contributed by atoms with Gasteiger partial charge in [-0.2, -0.15) is 0 Å². The summed E-state index contributed by atoms with van der Waals surface area (Å²) in [5.74, 6) is -0.353. The maximum atomic E-state index is 11.6. The van der Waals surface area contributed by atoms with Crippen LogP contribution >= 0.6 is 0 Å². The molecule has 0 saturated carbocycles. The summed E-state index contributed by atoms with van der Waals surface area (Å²) in [5, 5.41) is 2.64. The molecule has 1 aliphatic heterocycles. The van der Waals surface area contributed by atoms with Crippen LogP contribution in [0.3, 0.4) is 0 Å².